The van der Waals surface area contributed by atoms with Crippen molar-refractivity contribution >= 4 is 21.5 Å². The Hall–Kier alpha value is -8.26. The van der Waals surface area contributed by atoms with Crippen LogP contribution in [-0.2, 0) is 10.8 Å². The number of hydrogen-bond donors (Lipinski definition) is 0. The Morgan fingerprint density at radius 2 is 0.723 bits per heavy atom. The number of para-hydroxylation sites is 1. The molecule has 0 amide bonds. The summed E-state index contributed by atoms with van der Waals surface area (Å²) in [5, 5.41) is 4.93. The van der Waals surface area contributed by atoms with Gasteiger partial charge in [-0.1, -0.05) is 212 Å². The first-order valence-electron chi connectivity index (χ1n) is 22.7. The first-order valence-corrected chi connectivity index (χ1v) is 22.7. The number of ether oxygens (including phenoxy) is 1. The molecule has 1 unspecified atom stereocenters. The van der Waals surface area contributed by atoms with Gasteiger partial charge < -0.3 is 4.74 Å². The van der Waals surface area contributed by atoms with Crippen LogP contribution in [0.25, 0.3) is 77.2 Å². The van der Waals surface area contributed by atoms with Gasteiger partial charge in [0.05, 0.1) is 10.8 Å². The van der Waals surface area contributed by atoms with Gasteiger partial charge in [-0.15, -0.1) is 0 Å². The molecule has 0 saturated carbocycles. The van der Waals surface area contributed by atoms with Crippen LogP contribution < -0.4 is 4.74 Å². The quantitative estimate of drug-likeness (QED) is 0.169. The Labute approximate surface area is 377 Å². The molecule has 15 rings (SSSR count). The van der Waals surface area contributed by atoms with E-state index in [2.05, 4.69) is 231 Å². The van der Waals surface area contributed by atoms with Crippen molar-refractivity contribution in [2.45, 2.75) is 10.8 Å². The number of hydrogen-bond acceptors (Lipinski definition) is 1. The minimum absolute atomic E-state index is 0.456. The lowest BCUT2D eigenvalue weighted by Gasteiger charge is -2.40. The van der Waals surface area contributed by atoms with E-state index < -0.39 is 10.8 Å². The van der Waals surface area contributed by atoms with Gasteiger partial charge in [-0.3, -0.25) is 0 Å². The van der Waals surface area contributed by atoms with Crippen molar-refractivity contribution in [3.63, 3.8) is 0 Å². The zero-order chi connectivity index (χ0) is 42.4. The zero-order valence-electron chi connectivity index (χ0n) is 35.3. The lowest BCUT2D eigenvalue weighted by atomic mass is 9.61. The second-order valence-electron chi connectivity index (χ2n) is 18.2. The van der Waals surface area contributed by atoms with E-state index in [4.69, 9.17) is 4.74 Å². The fourth-order valence-electron chi connectivity index (χ4n) is 12.9. The molecule has 300 valence electrons. The third-order valence-corrected chi connectivity index (χ3v) is 15.4. The molecule has 0 N–H and O–H groups in total. The van der Waals surface area contributed by atoms with E-state index in [9.17, 15) is 0 Å². The summed E-state index contributed by atoms with van der Waals surface area (Å²) in [5.74, 6) is 1.84. The van der Waals surface area contributed by atoms with Gasteiger partial charge >= 0.3 is 0 Å². The summed E-state index contributed by atoms with van der Waals surface area (Å²) in [5.41, 5.74) is 21.9. The summed E-state index contributed by atoms with van der Waals surface area (Å²) >= 11 is 0. The number of benzene rings is 11. The maximum Gasteiger partial charge on any atom is 0.140 e. The van der Waals surface area contributed by atoms with Gasteiger partial charge in [-0.2, -0.15) is 0 Å². The molecule has 11 aromatic carbocycles. The van der Waals surface area contributed by atoms with Crippen LogP contribution >= 0.6 is 0 Å². The normalized spacial score (nSPS) is 16.0. The summed E-state index contributed by atoms with van der Waals surface area (Å²) in [4.78, 5) is 0. The molecule has 65 heavy (non-hydrogen) atoms. The largest absolute Gasteiger partial charge is 0.456 e. The standard InChI is InChI=1S/C64H38O/c1-2-22-50-43(17-1)51(38-59-62(50)65-60-30-12-11-28-56(60)63(59)52-24-7-3-18-44(52)45-19-4-8-25-53(45)63)40-33-31-39(32-34-40)42-35-36-48-46-20-5-9-26-54(46)64(58(48)37-42)55-27-10-6-21-47(55)49-23-13-15-41-16-14-29-57(64)61(41)49/h1-38H. The van der Waals surface area contributed by atoms with Gasteiger partial charge in [0.2, 0.25) is 0 Å². The minimum Gasteiger partial charge on any atom is -0.456 e. The molecule has 0 fully saturated rings. The van der Waals surface area contributed by atoms with E-state index in [1.807, 2.05) is 0 Å². The molecule has 1 heteroatoms. The van der Waals surface area contributed by atoms with Gasteiger partial charge in [-0.25, -0.2) is 0 Å². The third kappa shape index (κ3) is 4.33. The van der Waals surface area contributed by atoms with E-state index in [0.29, 0.717) is 0 Å². The molecule has 1 atom stereocenters. The van der Waals surface area contributed by atoms with Crippen molar-refractivity contribution in [1.29, 1.82) is 0 Å². The second-order valence-corrected chi connectivity index (χ2v) is 18.2. The Bertz CT molecular complexity index is 3820. The summed E-state index contributed by atoms with van der Waals surface area (Å²) in [6.45, 7) is 0. The molecule has 3 aliphatic carbocycles. The smallest absolute Gasteiger partial charge is 0.140 e. The van der Waals surface area contributed by atoms with Crippen LogP contribution in [0.2, 0.25) is 0 Å². The second kappa shape index (κ2) is 12.7. The van der Waals surface area contributed by atoms with Crippen LogP contribution in [-0.4, -0.2) is 0 Å². The molecule has 1 aliphatic heterocycles. The number of fused-ring (bicyclic) bond motifs is 20. The van der Waals surface area contributed by atoms with Crippen molar-refractivity contribution in [2.75, 3.05) is 0 Å². The van der Waals surface area contributed by atoms with Gasteiger partial charge in [0.25, 0.3) is 0 Å². The summed E-state index contributed by atoms with van der Waals surface area (Å²) in [7, 11) is 0. The molecule has 0 aromatic heterocycles. The Morgan fingerprint density at radius 1 is 0.262 bits per heavy atom. The van der Waals surface area contributed by atoms with Crippen molar-refractivity contribution < 1.29 is 4.74 Å². The van der Waals surface area contributed by atoms with Crippen LogP contribution in [0.5, 0.6) is 11.5 Å². The fraction of sp³-hybridized carbons (Fsp3) is 0.0312. The summed E-state index contributed by atoms with van der Waals surface area (Å²) in [6, 6.07) is 86.2. The fourth-order valence-corrected chi connectivity index (χ4v) is 12.9. The van der Waals surface area contributed by atoms with Crippen LogP contribution in [0.4, 0.5) is 0 Å². The number of rotatable bonds is 2. The highest BCUT2D eigenvalue weighted by atomic mass is 16.5. The zero-order valence-corrected chi connectivity index (χ0v) is 35.3. The van der Waals surface area contributed by atoms with Gasteiger partial charge in [0.1, 0.15) is 11.5 Å². The molecule has 0 saturated heterocycles. The summed E-state index contributed by atoms with van der Waals surface area (Å²) in [6.07, 6.45) is 0. The van der Waals surface area contributed by atoms with Crippen LogP contribution in [0.15, 0.2) is 231 Å². The maximum atomic E-state index is 7.04. The molecule has 1 heterocycles. The average molecular weight is 823 g/mol. The van der Waals surface area contributed by atoms with E-state index in [0.717, 1.165) is 16.9 Å². The van der Waals surface area contributed by atoms with E-state index in [1.54, 1.807) is 0 Å². The summed E-state index contributed by atoms with van der Waals surface area (Å²) < 4.78 is 7.04. The van der Waals surface area contributed by atoms with Crippen LogP contribution in [0, 0.1) is 0 Å². The lowest BCUT2D eigenvalue weighted by molar-refractivity contribution is 0.442. The van der Waals surface area contributed by atoms with Crippen molar-refractivity contribution in [3.05, 3.63) is 275 Å². The highest BCUT2D eigenvalue weighted by Gasteiger charge is 2.52. The van der Waals surface area contributed by atoms with E-state index in [-0.39, 0.29) is 0 Å². The average Bonchev–Trinajstić information content (AvgIpc) is 3.83. The molecule has 2 spiro atoms. The maximum absolute atomic E-state index is 7.04. The molecule has 1 nitrogen and oxygen atoms in total. The Morgan fingerprint density at radius 3 is 1.38 bits per heavy atom. The lowest BCUT2D eigenvalue weighted by Crippen LogP contribution is -2.32. The van der Waals surface area contributed by atoms with Gasteiger partial charge in [0, 0.05) is 16.5 Å². The molecular weight excluding hydrogens is 785 g/mol. The monoisotopic (exact) mass is 822 g/mol. The van der Waals surface area contributed by atoms with E-state index >= 15 is 0 Å². The van der Waals surface area contributed by atoms with Crippen molar-refractivity contribution in [1.82, 2.24) is 0 Å². The SMILES string of the molecule is c1ccc2c(c1)Oc1c(cc(-c3ccc(-c4ccc5c(c4)C4(c6ccccc6-5)c5ccccc5-c5cccc6cccc4c56)cc3)c3ccccc13)C21c2ccccc2-c2ccccc21. The topological polar surface area (TPSA) is 9.23 Å². The molecule has 0 radical (unpaired) electrons. The first kappa shape index (κ1) is 35.2. The molecule has 4 aliphatic rings. The van der Waals surface area contributed by atoms with Gasteiger partial charge in [0.15, 0.2) is 0 Å². The minimum atomic E-state index is -0.545. The van der Waals surface area contributed by atoms with Gasteiger partial charge in [-0.05, 0) is 123 Å². The molecule has 11 aromatic rings. The van der Waals surface area contributed by atoms with Crippen LogP contribution in [0.3, 0.4) is 0 Å². The van der Waals surface area contributed by atoms with Crippen molar-refractivity contribution in [2.24, 2.45) is 0 Å². The highest BCUT2D eigenvalue weighted by molar-refractivity contribution is 6.08. The highest BCUT2D eigenvalue weighted by Crippen LogP contribution is 2.65. The van der Waals surface area contributed by atoms with Crippen LogP contribution in [0.1, 0.15) is 44.5 Å². The van der Waals surface area contributed by atoms with Crippen molar-refractivity contribution in [3.8, 4) is 67.1 Å². The Kier molecular flexibility index (Phi) is 6.88. The predicted octanol–water partition coefficient (Wildman–Crippen LogP) is 16.1. The Balaban J connectivity index is 0.929. The van der Waals surface area contributed by atoms with E-state index in [1.165, 1.54) is 116 Å². The predicted molar refractivity (Wildman–Crippen MR) is 266 cm³/mol. The third-order valence-electron chi connectivity index (χ3n) is 15.4. The molecular formula is C64H38O. The molecule has 0 bridgehead atoms. The first-order chi connectivity index (χ1) is 32.2.